The van der Waals surface area contributed by atoms with Gasteiger partial charge in [0.05, 0.1) is 12.8 Å². The summed E-state index contributed by atoms with van der Waals surface area (Å²) < 4.78 is 6.51. The number of hydrogen-bond donors (Lipinski definition) is 2. The SMILES string of the molecule is COc1cccc(NC(=O)Cn2cc(CCO)nn2)c1. The van der Waals surface area contributed by atoms with E-state index < -0.39 is 0 Å². The fourth-order valence-electron chi connectivity index (χ4n) is 1.69. The summed E-state index contributed by atoms with van der Waals surface area (Å²) >= 11 is 0. The molecule has 0 saturated carbocycles. The molecule has 20 heavy (non-hydrogen) atoms. The zero-order valence-corrected chi connectivity index (χ0v) is 11.1. The van der Waals surface area contributed by atoms with Crippen molar-refractivity contribution in [2.75, 3.05) is 19.0 Å². The quantitative estimate of drug-likeness (QED) is 0.800. The van der Waals surface area contributed by atoms with Crippen LogP contribution in [0, 0.1) is 0 Å². The molecule has 1 heterocycles. The summed E-state index contributed by atoms with van der Waals surface area (Å²) in [6, 6.07) is 7.10. The zero-order chi connectivity index (χ0) is 14.4. The molecule has 0 aliphatic heterocycles. The molecule has 0 fully saturated rings. The van der Waals surface area contributed by atoms with Crippen molar-refractivity contribution in [3.8, 4) is 5.75 Å². The van der Waals surface area contributed by atoms with Gasteiger partial charge >= 0.3 is 0 Å². The summed E-state index contributed by atoms with van der Waals surface area (Å²) in [5.41, 5.74) is 1.31. The highest BCUT2D eigenvalue weighted by Gasteiger charge is 2.07. The average Bonchev–Trinajstić information content (AvgIpc) is 2.86. The minimum absolute atomic E-state index is 0.00863. The number of carbonyl (C=O) groups is 1. The molecule has 2 rings (SSSR count). The Morgan fingerprint density at radius 2 is 2.35 bits per heavy atom. The number of benzene rings is 1. The molecule has 1 amide bonds. The lowest BCUT2D eigenvalue weighted by atomic mass is 10.3. The summed E-state index contributed by atoms with van der Waals surface area (Å²) in [7, 11) is 1.57. The molecule has 0 radical (unpaired) electrons. The van der Waals surface area contributed by atoms with Crippen LogP contribution in [0.3, 0.4) is 0 Å². The van der Waals surface area contributed by atoms with E-state index in [0.717, 1.165) is 0 Å². The third kappa shape index (κ3) is 3.79. The Bertz CT molecular complexity index is 583. The lowest BCUT2D eigenvalue weighted by molar-refractivity contribution is -0.116. The number of aliphatic hydroxyl groups excluding tert-OH is 1. The molecule has 1 aromatic carbocycles. The van der Waals surface area contributed by atoms with Crippen LogP contribution in [0.25, 0.3) is 0 Å². The summed E-state index contributed by atoms with van der Waals surface area (Å²) in [4.78, 5) is 11.9. The van der Waals surface area contributed by atoms with Gasteiger partial charge < -0.3 is 15.2 Å². The highest BCUT2D eigenvalue weighted by Crippen LogP contribution is 2.16. The first-order valence-electron chi connectivity index (χ1n) is 6.15. The molecule has 1 aromatic heterocycles. The maximum atomic E-state index is 11.9. The van der Waals surface area contributed by atoms with Crippen molar-refractivity contribution in [2.24, 2.45) is 0 Å². The number of aromatic nitrogens is 3. The number of nitrogens with one attached hydrogen (secondary N) is 1. The summed E-state index contributed by atoms with van der Waals surface area (Å²) in [6.07, 6.45) is 2.07. The Balaban J connectivity index is 1.94. The van der Waals surface area contributed by atoms with Gasteiger partial charge in [0.2, 0.25) is 5.91 Å². The van der Waals surface area contributed by atoms with Crippen molar-refractivity contribution in [3.05, 3.63) is 36.2 Å². The van der Waals surface area contributed by atoms with Crippen LogP contribution < -0.4 is 10.1 Å². The minimum atomic E-state index is -0.210. The third-order valence-corrected chi connectivity index (χ3v) is 2.61. The van der Waals surface area contributed by atoms with Crippen molar-refractivity contribution in [1.82, 2.24) is 15.0 Å². The van der Waals surface area contributed by atoms with Crippen LogP contribution >= 0.6 is 0 Å². The molecule has 0 atom stereocenters. The van der Waals surface area contributed by atoms with Crippen molar-refractivity contribution in [1.29, 1.82) is 0 Å². The number of aliphatic hydroxyl groups is 1. The van der Waals surface area contributed by atoms with Crippen molar-refractivity contribution in [3.63, 3.8) is 0 Å². The number of carbonyl (C=O) groups excluding carboxylic acids is 1. The van der Waals surface area contributed by atoms with Gasteiger partial charge in [0.15, 0.2) is 0 Å². The van der Waals surface area contributed by atoms with Crippen LogP contribution in [0.15, 0.2) is 30.5 Å². The van der Waals surface area contributed by atoms with Gasteiger partial charge in [-0.15, -0.1) is 5.10 Å². The van der Waals surface area contributed by atoms with Crippen molar-refractivity contribution < 1.29 is 14.6 Å². The molecular formula is C13H16N4O3. The van der Waals surface area contributed by atoms with Crippen LogP contribution in [0.5, 0.6) is 5.75 Å². The Labute approximate surface area is 116 Å². The standard InChI is InChI=1S/C13H16N4O3/c1-20-12-4-2-3-10(7-12)14-13(19)9-17-8-11(5-6-18)15-16-17/h2-4,7-8,18H,5-6,9H2,1H3,(H,14,19). The number of amides is 1. The number of nitrogens with zero attached hydrogens (tertiary/aromatic N) is 3. The average molecular weight is 276 g/mol. The third-order valence-electron chi connectivity index (χ3n) is 2.61. The van der Waals surface area contributed by atoms with E-state index in [1.807, 2.05) is 0 Å². The van der Waals surface area contributed by atoms with E-state index in [1.165, 1.54) is 4.68 Å². The number of ether oxygens (including phenoxy) is 1. The smallest absolute Gasteiger partial charge is 0.246 e. The van der Waals surface area contributed by atoms with E-state index in [4.69, 9.17) is 9.84 Å². The molecule has 106 valence electrons. The molecule has 0 spiro atoms. The van der Waals surface area contributed by atoms with E-state index in [-0.39, 0.29) is 19.1 Å². The lowest BCUT2D eigenvalue weighted by Crippen LogP contribution is -2.19. The number of methoxy groups -OCH3 is 1. The van der Waals surface area contributed by atoms with Crippen LogP contribution in [-0.2, 0) is 17.8 Å². The molecule has 0 bridgehead atoms. The monoisotopic (exact) mass is 276 g/mol. The first-order valence-corrected chi connectivity index (χ1v) is 6.15. The first-order chi connectivity index (χ1) is 9.71. The lowest BCUT2D eigenvalue weighted by Gasteiger charge is -2.06. The molecule has 7 heteroatoms. The van der Waals surface area contributed by atoms with Crippen molar-refractivity contribution in [2.45, 2.75) is 13.0 Å². The van der Waals surface area contributed by atoms with E-state index in [9.17, 15) is 4.79 Å². The summed E-state index contributed by atoms with van der Waals surface area (Å²) in [6.45, 7) is 0.0737. The molecular weight excluding hydrogens is 260 g/mol. The molecule has 0 aliphatic carbocycles. The van der Waals surface area contributed by atoms with Gasteiger partial charge in [-0.3, -0.25) is 4.79 Å². The van der Waals surface area contributed by atoms with E-state index in [1.54, 1.807) is 37.6 Å². The van der Waals surface area contributed by atoms with Crippen LogP contribution in [0.2, 0.25) is 0 Å². The van der Waals surface area contributed by atoms with Gasteiger partial charge in [-0.1, -0.05) is 11.3 Å². The Morgan fingerprint density at radius 3 is 3.10 bits per heavy atom. The van der Waals surface area contributed by atoms with Gasteiger partial charge in [-0.2, -0.15) is 0 Å². The van der Waals surface area contributed by atoms with Gasteiger partial charge in [-0.25, -0.2) is 4.68 Å². The molecule has 7 nitrogen and oxygen atoms in total. The second-order valence-corrected chi connectivity index (χ2v) is 4.16. The zero-order valence-electron chi connectivity index (χ0n) is 11.1. The summed E-state index contributed by atoms with van der Waals surface area (Å²) in [5, 5.41) is 19.2. The highest BCUT2D eigenvalue weighted by atomic mass is 16.5. The predicted octanol–water partition coefficient (Wildman–Crippen LogP) is 0.460. The van der Waals surface area contributed by atoms with Gasteiger partial charge in [0.25, 0.3) is 0 Å². The van der Waals surface area contributed by atoms with Crippen molar-refractivity contribution >= 4 is 11.6 Å². The Kier molecular flexibility index (Phi) is 4.67. The predicted molar refractivity (Wildman–Crippen MR) is 72.4 cm³/mol. The second-order valence-electron chi connectivity index (χ2n) is 4.16. The molecule has 2 N–H and O–H groups in total. The van der Waals surface area contributed by atoms with Gasteiger partial charge in [0, 0.05) is 31.0 Å². The Morgan fingerprint density at radius 1 is 1.50 bits per heavy atom. The summed E-state index contributed by atoms with van der Waals surface area (Å²) in [5.74, 6) is 0.465. The largest absolute Gasteiger partial charge is 0.497 e. The number of anilines is 1. The minimum Gasteiger partial charge on any atom is -0.497 e. The van der Waals surface area contributed by atoms with Gasteiger partial charge in [-0.05, 0) is 12.1 Å². The fourth-order valence-corrected chi connectivity index (χ4v) is 1.69. The normalized spacial score (nSPS) is 10.3. The fraction of sp³-hybridized carbons (Fsp3) is 0.308. The van der Waals surface area contributed by atoms with E-state index in [2.05, 4.69) is 15.6 Å². The topological polar surface area (TPSA) is 89.3 Å². The molecule has 0 saturated heterocycles. The van der Waals surface area contributed by atoms with E-state index >= 15 is 0 Å². The maximum absolute atomic E-state index is 11.9. The van der Waals surface area contributed by atoms with Crippen LogP contribution in [-0.4, -0.2) is 39.7 Å². The van der Waals surface area contributed by atoms with Gasteiger partial charge in [0.1, 0.15) is 12.3 Å². The van der Waals surface area contributed by atoms with E-state index in [0.29, 0.717) is 23.6 Å². The first kappa shape index (κ1) is 14.0. The highest BCUT2D eigenvalue weighted by molar-refractivity contribution is 5.90. The Hall–Kier alpha value is -2.41. The second kappa shape index (κ2) is 6.67. The number of hydrogen-bond acceptors (Lipinski definition) is 5. The van der Waals surface area contributed by atoms with Crippen LogP contribution in [0.4, 0.5) is 5.69 Å². The maximum Gasteiger partial charge on any atom is 0.246 e. The molecule has 2 aromatic rings. The van der Waals surface area contributed by atoms with Crippen LogP contribution in [0.1, 0.15) is 5.69 Å². The molecule has 0 aliphatic rings. The molecule has 0 unspecified atom stereocenters. The number of rotatable bonds is 6.